The lowest BCUT2D eigenvalue weighted by Gasteiger charge is -2.07. The molecule has 0 aliphatic rings. The summed E-state index contributed by atoms with van der Waals surface area (Å²) in [4.78, 5) is 19.3. The summed E-state index contributed by atoms with van der Waals surface area (Å²) in [5, 5.41) is 6.82. The standard InChI is InChI=1S/C17H14F3N5O/c18-17(19,20)15-4-3-13(9-23-15)16(26)22-6-7-25-11-14(10-24-25)12-2-1-5-21-8-12/h1-5,8-11H,6-7H2,(H,22,26). The Morgan fingerprint density at radius 2 is 1.96 bits per heavy atom. The van der Waals surface area contributed by atoms with Crippen molar-refractivity contribution in [2.75, 3.05) is 6.54 Å². The lowest BCUT2D eigenvalue weighted by Crippen LogP contribution is -2.27. The molecule has 134 valence electrons. The Bertz CT molecular complexity index is 875. The van der Waals surface area contributed by atoms with Gasteiger partial charge in [-0.2, -0.15) is 18.3 Å². The van der Waals surface area contributed by atoms with Gasteiger partial charge in [0.2, 0.25) is 0 Å². The van der Waals surface area contributed by atoms with Gasteiger partial charge in [-0.3, -0.25) is 19.4 Å². The van der Waals surface area contributed by atoms with Crippen LogP contribution in [0.1, 0.15) is 16.1 Å². The molecular formula is C17H14F3N5O. The highest BCUT2D eigenvalue weighted by Gasteiger charge is 2.32. The van der Waals surface area contributed by atoms with E-state index in [-0.39, 0.29) is 12.1 Å². The number of amides is 1. The van der Waals surface area contributed by atoms with Crippen LogP contribution < -0.4 is 5.32 Å². The zero-order chi connectivity index (χ0) is 18.6. The first-order chi connectivity index (χ1) is 12.4. The maximum atomic E-state index is 12.5. The van der Waals surface area contributed by atoms with Gasteiger partial charge in [0.1, 0.15) is 5.69 Å². The second-order valence-electron chi connectivity index (χ2n) is 5.42. The van der Waals surface area contributed by atoms with Crippen LogP contribution in [-0.2, 0) is 12.7 Å². The van der Waals surface area contributed by atoms with Crippen molar-refractivity contribution in [2.24, 2.45) is 0 Å². The number of pyridine rings is 2. The molecule has 3 heterocycles. The van der Waals surface area contributed by atoms with Gasteiger partial charge < -0.3 is 5.32 Å². The smallest absolute Gasteiger partial charge is 0.350 e. The number of nitrogens with zero attached hydrogens (tertiary/aromatic N) is 4. The topological polar surface area (TPSA) is 72.7 Å². The van der Waals surface area contributed by atoms with E-state index in [0.717, 1.165) is 29.5 Å². The van der Waals surface area contributed by atoms with Crippen LogP contribution in [0, 0.1) is 0 Å². The predicted molar refractivity (Wildman–Crippen MR) is 87.0 cm³/mol. The molecule has 0 aliphatic heterocycles. The summed E-state index contributed by atoms with van der Waals surface area (Å²) in [7, 11) is 0. The molecule has 0 aliphatic carbocycles. The molecule has 0 fully saturated rings. The number of halogens is 3. The molecule has 0 radical (unpaired) electrons. The minimum atomic E-state index is -4.53. The SMILES string of the molecule is O=C(NCCn1cc(-c2cccnc2)cn1)c1ccc(C(F)(F)F)nc1. The summed E-state index contributed by atoms with van der Waals surface area (Å²) in [6, 6.07) is 5.61. The van der Waals surface area contributed by atoms with E-state index in [4.69, 9.17) is 0 Å². The molecule has 3 aromatic heterocycles. The average Bonchev–Trinajstić information content (AvgIpc) is 3.11. The molecule has 3 aromatic rings. The monoisotopic (exact) mass is 361 g/mol. The van der Waals surface area contributed by atoms with Crippen LogP contribution in [0.25, 0.3) is 11.1 Å². The second kappa shape index (κ2) is 7.34. The molecule has 0 saturated heterocycles. The Kier molecular flexibility index (Phi) is 4.97. The van der Waals surface area contributed by atoms with Crippen LogP contribution in [-0.4, -0.2) is 32.2 Å². The fourth-order valence-corrected chi connectivity index (χ4v) is 2.25. The molecule has 0 aromatic carbocycles. The molecule has 1 amide bonds. The highest BCUT2D eigenvalue weighted by atomic mass is 19.4. The number of hydrogen-bond acceptors (Lipinski definition) is 4. The largest absolute Gasteiger partial charge is 0.433 e. The number of carbonyl (C=O) groups is 1. The molecule has 3 rings (SSSR count). The highest BCUT2D eigenvalue weighted by Crippen LogP contribution is 2.27. The van der Waals surface area contributed by atoms with Crippen molar-refractivity contribution in [2.45, 2.75) is 12.7 Å². The van der Waals surface area contributed by atoms with Crippen LogP contribution in [0.2, 0.25) is 0 Å². The van der Waals surface area contributed by atoms with Crippen molar-refractivity contribution in [3.05, 3.63) is 66.5 Å². The third-order valence-corrected chi connectivity index (χ3v) is 3.57. The molecule has 1 N–H and O–H groups in total. The van der Waals surface area contributed by atoms with Gasteiger partial charge in [0.15, 0.2) is 0 Å². The van der Waals surface area contributed by atoms with E-state index in [0.29, 0.717) is 6.54 Å². The van der Waals surface area contributed by atoms with Crippen molar-refractivity contribution < 1.29 is 18.0 Å². The van der Waals surface area contributed by atoms with Gasteiger partial charge >= 0.3 is 6.18 Å². The van der Waals surface area contributed by atoms with E-state index in [9.17, 15) is 18.0 Å². The van der Waals surface area contributed by atoms with Crippen molar-refractivity contribution in [1.29, 1.82) is 0 Å². The van der Waals surface area contributed by atoms with Crippen molar-refractivity contribution in [1.82, 2.24) is 25.1 Å². The molecule has 0 spiro atoms. The second-order valence-corrected chi connectivity index (χ2v) is 5.42. The average molecular weight is 361 g/mol. The first-order valence-corrected chi connectivity index (χ1v) is 7.68. The number of hydrogen-bond donors (Lipinski definition) is 1. The summed E-state index contributed by atoms with van der Waals surface area (Å²) in [5.41, 5.74) is 0.859. The number of aromatic nitrogens is 4. The third kappa shape index (κ3) is 4.24. The number of nitrogens with one attached hydrogen (secondary N) is 1. The zero-order valence-corrected chi connectivity index (χ0v) is 13.4. The van der Waals surface area contributed by atoms with Crippen molar-refractivity contribution in [3.8, 4) is 11.1 Å². The Morgan fingerprint density at radius 3 is 2.62 bits per heavy atom. The van der Waals surface area contributed by atoms with E-state index in [2.05, 4.69) is 20.4 Å². The van der Waals surface area contributed by atoms with Crippen LogP contribution >= 0.6 is 0 Å². The van der Waals surface area contributed by atoms with E-state index in [1.54, 1.807) is 23.3 Å². The van der Waals surface area contributed by atoms with Crippen molar-refractivity contribution in [3.63, 3.8) is 0 Å². The third-order valence-electron chi connectivity index (χ3n) is 3.57. The molecule has 9 heteroatoms. The molecule has 0 saturated carbocycles. The molecule has 0 bridgehead atoms. The molecular weight excluding hydrogens is 347 g/mol. The number of carbonyl (C=O) groups excluding carboxylic acids is 1. The van der Waals surface area contributed by atoms with E-state index in [1.165, 1.54) is 0 Å². The van der Waals surface area contributed by atoms with E-state index in [1.807, 2.05) is 18.3 Å². The summed E-state index contributed by atoms with van der Waals surface area (Å²) in [5.74, 6) is -0.495. The number of alkyl halides is 3. The first kappa shape index (κ1) is 17.6. The fraction of sp³-hybridized carbons (Fsp3) is 0.176. The Labute approximate surface area is 146 Å². The van der Waals surface area contributed by atoms with E-state index < -0.39 is 17.8 Å². The minimum Gasteiger partial charge on any atom is -0.350 e. The molecule has 0 unspecified atom stereocenters. The summed E-state index contributed by atoms with van der Waals surface area (Å²) >= 11 is 0. The number of rotatable bonds is 5. The normalized spacial score (nSPS) is 11.3. The minimum absolute atomic E-state index is 0.0644. The predicted octanol–water partition coefficient (Wildman–Crippen LogP) is 2.79. The highest BCUT2D eigenvalue weighted by molar-refractivity contribution is 5.93. The first-order valence-electron chi connectivity index (χ1n) is 7.68. The van der Waals surface area contributed by atoms with Gasteiger partial charge in [-0.25, -0.2) is 0 Å². The fourth-order valence-electron chi connectivity index (χ4n) is 2.25. The van der Waals surface area contributed by atoms with Gasteiger partial charge in [-0.1, -0.05) is 6.07 Å². The Hall–Kier alpha value is -3.23. The Balaban J connectivity index is 1.53. The van der Waals surface area contributed by atoms with Gasteiger partial charge in [0.05, 0.1) is 18.3 Å². The van der Waals surface area contributed by atoms with Crippen LogP contribution in [0.5, 0.6) is 0 Å². The molecule has 6 nitrogen and oxygen atoms in total. The van der Waals surface area contributed by atoms with E-state index >= 15 is 0 Å². The zero-order valence-electron chi connectivity index (χ0n) is 13.4. The lowest BCUT2D eigenvalue weighted by molar-refractivity contribution is -0.141. The Morgan fingerprint density at radius 1 is 1.12 bits per heavy atom. The van der Waals surface area contributed by atoms with Crippen molar-refractivity contribution >= 4 is 5.91 Å². The summed E-state index contributed by atoms with van der Waals surface area (Å²) in [6.45, 7) is 0.689. The van der Waals surface area contributed by atoms with Crippen LogP contribution in [0.15, 0.2) is 55.2 Å². The summed E-state index contributed by atoms with van der Waals surface area (Å²) in [6.07, 6.45) is 3.30. The maximum absolute atomic E-state index is 12.5. The van der Waals surface area contributed by atoms with Crippen LogP contribution in [0.3, 0.4) is 0 Å². The lowest BCUT2D eigenvalue weighted by atomic mass is 10.2. The van der Waals surface area contributed by atoms with Crippen LogP contribution in [0.4, 0.5) is 13.2 Å². The van der Waals surface area contributed by atoms with Gasteiger partial charge in [-0.15, -0.1) is 0 Å². The van der Waals surface area contributed by atoms with Gasteiger partial charge in [0, 0.05) is 42.5 Å². The molecule has 26 heavy (non-hydrogen) atoms. The summed E-state index contributed by atoms with van der Waals surface area (Å²) < 4.78 is 39.0. The van der Waals surface area contributed by atoms with Gasteiger partial charge in [0.25, 0.3) is 5.91 Å². The maximum Gasteiger partial charge on any atom is 0.433 e. The molecule has 0 atom stereocenters. The quantitative estimate of drug-likeness (QED) is 0.759. The van der Waals surface area contributed by atoms with Gasteiger partial charge in [-0.05, 0) is 18.2 Å².